The molecule has 136 valence electrons. The van der Waals surface area contributed by atoms with E-state index in [-0.39, 0.29) is 12.3 Å². The van der Waals surface area contributed by atoms with Crippen LogP contribution in [0.5, 0.6) is 0 Å². The van der Waals surface area contributed by atoms with Crippen molar-refractivity contribution in [1.82, 2.24) is 5.32 Å². The fourth-order valence-electron chi connectivity index (χ4n) is 3.64. The molecule has 26 heavy (non-hydrogen) atoms. The number of aliphatic hydroxyl groups excluding tert-OH is 1. The van der Waals surface area contributed by atoms with Crippen LogP contribution in [-0.4, -0.2) is 34.2 Å². The Morgan fingerprint density at radius 2 is 1.50 bits per heavy atom. The summed E-state index contributed by atoms with van der Waals surface area (Å²) in [7, 11) is 0. The zero-order valence-corrected chi connectivity index (χ0v) is 14.8. The molecule has 0 spiro atoms. The number of aliphatic carboxylic acids is 1. The number of carboxylic acid groups (broad SMARTS) is 1. The van der Waals surface area contributed by atoms with Gasteiger partial charge in [-0.1, -0.05) is 62.4 Å². The highest BCUT2D eigenvalue weighted by atomic mass is 16.4. The van der Waals surface area contributed by atoms with E-state index in [4.69, 9.17) is 0 Å². The second kappa shape index (κ2) is 7.30. The van der Waals surface area contributed by atoms with E-state index in [1.54, 1.807) is 0 Å². The van der Waals surface area contributed by atoms with Crippen LogP contribution in [0.1, 0.15) is 37.3 Å². The van der Waals surface area contributed by atoms with Gasteiger partial charge in [0.25, 0.3) is 0 Å². The first-order valence-corrected chi connectivity index (χ1v) is 8.79. The van der Waals surface area contributed by atoms with Gasteiger partial charge in [-0.3, -0.25) is 4.79 Å². The van der Waals surface area contributed by atoms with E-state index in [1.165, 1.54) is 0 Å². The molecule has 0 heterocycles. The Labute approximate surface area is 152 Å². The highest BCUT2D eigenvalue weighted by Crippen LogP contribution is 2.46. The van der Waals surface area contributed by atoms with Gasteiger partial charge in [0.2, 0.25) is 5.91 Å². The first kappa shape index (κ1) is 18.1. The van der Waals surface area contributed by atoms with E-state index in [1.807, 2.05) is 62.4 Å². The summed E-state index contributed by atoms with van der Waals surface area (Å²) in [5.74, 6) is -2.12. The molecule has 2 atom stereocenters. The van der Waals surface area contributed by atoms with Gasteiger partial charge in [0.1, 0.15) is 12.1 Å². The fourth-order valence-corrected chi connectivity index (χ4v) is 3.64. The first-order chi connectivity index (χ1) is 12.4. The summed E-state index contributed by atoms with van der Waals surface area (Å²) < 4.78 is 0. The van der Waals surface area contributed by atoms with Crippen molar-refractivity contribution in [3.05, 3.63) is 59.7 Å². The average Bonchev–Trinajstić information content (AvgIpc) is 2.93. The summed E-state index contributed by atoms with van der Waals surface area (Å²) in [6.45, 7) is 3.79. The van der Waals surface area contributed by atoms with E-state index in [0.717, 1.165) is 22.3 Å². The second-order valence-corrected chi connectivity index (χ2v) is 7.12. The molecule has 0 unspecified atom stereocenters. The Hall–Kier alpha value is -2.66. The minimum absolute atomic E-state index is 0.131. The molecule has 0 bridgehead atoms. The molecule has 0 fully saturated rings. The number of hydrogen-bond donors (Lipinski definition) is 3. The quantitative estimate of drug-likeness (QED) is 0.745. The topological polar surface area (TPSA) is 86.6 Å². The first-order valence-electron chi connectivity index (χ1n) is 8.79. The number of amides is 1. The number of aliphatic hydroxyl groups is 1. The summed E-state index contributed by atoms with van der Waals surface area (Å²) in [5.41, 5.74) is 3.71. The normalized spacial score (nSPS) is 15.2. The van der Waals surface area contributed by atoms with Crippen molar-refractivity contribution in [3.63, 3.8) is 0 Å². The molecule has 0 saturated carbocycles. The number of carboxylic acids is 1. The summed E-state index contributed by atoms with van der Waals surface area (Å²) in [5, 5.41) is 22.4. The van der Waals surface area contributed by atoms with Crippen LogP contribution in [0.15, 0.2) is 48.5 Å². The Balaban J connectivity index is 1.96. The van der Waals surface area contributed by atoms with Crippen molar-refractivity contribution in [2.45, 2.75) is 38.3 Å². The molecule has 3 rings (SSSR count). The lowest BCUT2D eigenvalue weighted by atomic mass is 9.89. The standard InChI is InChI=1S/C21H23NO4/c1-12(2)11-17(23)20(24)22-19(21(25)26)18-15-9-5-3-7-13(15)14-8-4-6-10-16(14)18/h3-10,12,17-19,23H,11H2,1-2H3,(H,22,24)(H,25,26)/t17-,19-/m1/s1. The van der Waals surface area contributed by atoms with Gasteiger partial charge in [0.05, 0.1) is 0 Å². The van der Waals surface area contributed by atoms with E-state index in [9.17, 15) is 19.8 Å². The third-order valence-corrected chi connectivity index (χ3v) is 4.78. The lowest BCUT2D eigenvalue weighted by Gasteiger charge is -2.24. The van der Waals surface area contributed by atoms with Crippen LogP contribution in [0.4, 0.5) is 0 Å². The largest absolute Gasteiger partial charge is 0.480 e. The number of fused-ring (bicyclic) bond motifs is 3. The molecule has 1 aliphatic carbocycles. The fraction of sp³-hybridized carbons (Fsp3) is 0.333. The van der Waals surface area contributed by atoms with Gasteiger partial charge >= 0.3 is 5.97 Å². The Bertz CT molecular complexity index is 785. The maximum Gasteiger partial charge on any atom is 0.327 e. The predicted octanol–water partition coefficient (Wildman–Crippen LogP) is 2.78. The molecule has 1 aliphatic rings. The molecule has 2 aromatic rings. The molecule has 0 saturated heterocycles. The van der Waals surface area contributed by atoms with Crippen molar-refractivity contribution in [3.8, 4) is 11.1 Å². The highest BCUT2D eigenvalue weighted by molar-refractivity contribution is 5.90. The van der Waals surface area contributed by atoms with Crippen LogP contribution in [0, 0.1) is 5.92 Å². The summed E-state index contributed by atoms with van der Waals surface area (Å²) >= 11 is 0. The van der Waals surface area contributed by atoms with E-state index < -0.39 is 29.9 Å². The monoisotopic (exact) mass is 353 g/mol. The number of hydrogen-bond acceptors (Lipinski definition) is 3. The summed E-state index contributed by atoms with van der Waals surface area (Å²) in [4.78, 5) is 24.3. The minimum Gasteiger partial charge on any atom is -0.480 e. The van der Waals surface area contributed by atoms with Crippen molar-refractivity contribution < 1.29 is 19.8 Å². The lowest BCUT2D eigenvalue weighted by molar-refractivity contribution is -0.144. The zero-order valence-electron chi connectivity index (χ0n) is 14.8. The van der Waals surface area contributed by atoms with Gasteiger partial charge in [-0.15, -0.1) is 0 Å². The van der Waals surface area contributed by atoms with Crippen LogP contribution in [0.25, 0.3) is 11.1 Å². The van der Waals surface area contributed by atoms with Crippen molar-refractivity contribution in [2.75, 3.05) is 0 Å². The SMILES string of the molecule is CC(C)C[C@@H](O)C(=O)N[C@@H](C(=O)O)C1c2ccccc2-c2ccccc21. The Morgan fingerprint density at radius 3 is 1.96 bits per heavy atom. The van der Waals surface area contributed by atoms with Crippen LogP contribution < -0.4 is 5.32 Å². The third-order valence-electron chi connectivity index (χ3n) is 4.78. The van der Waals surface area contributed by atoms with Crippen molar-refractivity contribution >= 4 is 11.9 Å². The molecule has 0 aliphatic heterocycles. The van der Waals surface area contributed by atoms with Gasteiger partial charge in [0, 0.05) is 5.92 Å². The highest BCUT2D eigenvalue weighted by Gasteiger charge is 2.39. The predicted molar refractivity (Wildman–Crippen MR) is 98.7 cm³/mol. The second-order valence-electron chi connectivity index (χ2n) is 7.12. The van der Waals surface area contributed by atoms with Gasteiger partial charge in [-0.2, -0.15) is 0 Å². The molecular formula is C21H23NO4. The molecule has 2 aromatic carbocycles. The molecular weight excluding hydrogens is 330 g/mol. The van der Waals surface area contributed by atoms with Gasteiger partial charge in [-0.25, -0.2) is 4.79 Å². The molecule has 0 radical (unpaired) electrons. The molecule has 3 N–H and O–H groups in total. The summed E-state index contributed by atoms with van der Waals surface area (Å²) in [6, 6.07) is 14.1. The van der Waals surface area contributed by atoms with Crippen molar-refractivity contribution in [2.24, 2.45) is 5.92 Å². The van der Waals surface area contributed by atoms with Crippen LogP contribution in [0.2, 0.25) is 0 Å². The average molecular weight is 353 g/mol. The van der Waals surface area contributed by atoms with Gasteiger partial charge in [-0.05, 0) is 34.6 Å². The van der Waals surface area contributed by atoms with Gasteiger partial charge < -0.3 is 15.5 Å². The van der Waals surface area contributed by atoms with E-state index >= 15 is 0 Å². The maximum atomic E-state index is 12.3. The number of nitrogens with one attached hydrogen (secondary N) is 1. The third kappa shape index (κ3) is 3.35. The van der Waals surface area contributed by atoms with Crippen LogP contribution in [-0.2, 0) is 9.59 Å². The van der Waals surface area contributed by atoms with E-state index in [0.29, 0.717) is 0 Å². The minimum atomic E-state index is -1.22. The maximum absolute atomic E-state index is 12.3. The lowest BCUT2D eigenvalue weighted by Crippen LogP contribution is -2.48. The van der Waals surface area contributed by atoms with Crippen LogP contribution in [0.3, 0.4) is 0 Å². The van der Waals surface area contributed by atoms with Gasteiger partial charge in [0.15, 0.2) is 0 Å². The molecule has 0 aromatic heterocycles. The summed E-state index contributed by atoms with van der Waals surface area (Å²) in [6.07, 6.45) is -0.931. The van der Waals surface area contributed by atoms with Crippen molar-refractivity contribution in [1.29, 1.82) is 0 Å². The number of benzene rings is 2. The molecule has 5 heteroatoms. The number of carbonyl (C=O) groups excluding carboxylic acids is 1. The van der Waals surface area contributed by atoms with Crippen LogP contribution >= 0.6 is 0 Å². The molecule has 1 amide bonds. The Morgan fingerprint density at radius 1 is 1.00 bits per heavy atom. The Kier molecular flexibility index (Phi) is 5.09. The zero-order chi connectivity index (χ0) is 18.8. The van der Waals surface area contributed by atoms with E-state index in [2.05, 4.69) is 5.32 Å². The smallest absolute Gasteiger partial charge is 0.327 e. The number of rotatable bonds is 6. The molecule has 5 nitrogen and oxygen atoms in total. The number of carbonyl (C=O) groups is 2.